The maximum Gasteiger partial charge on any atom is 0.414 e. The SMILES string of the molecule is O=[N+]([O-])c1cccc(Cl)c1CC(O)C(F)(F)F. The van der Waals surface area contributed by atoms with Crippen molar-refractivity contribution < 1.29 is 23.2 Å². The molecule has 1 unspecified atom stereocenters. The average molecular weight is 270 g/mol. The number of rotatable bonds is 3. The Morgan fingerprint density at radius 1 is 1.47 bits per heavy atom. The maximum atomic E-state index is 12.1. The van der Waals surface area contributed by atoms with Gasteiger partial charge in [-0.1, -0.05) is 17.7 Å². The van der Waals surface area contributed by atoms with Crippen molar-refractivity contribution in [3.63, 3.8) is 0 Å². The molecule has 0 fully saturated rings. The van der Waals surface area contributed by atoms with Crippen LogP contribution >= 0.6 is 11.6 Å². The number of aliphatic hydroxyl groups is 1. The predicted molar refractivity (Wildman–Crippen MR) is 53.9 cm³/mol. The molecule has 1 atom stereocenters. The minimum atomic E-state index is -4.84. The summed E-state index contributed by atoms with van der Waals surface area (Å²) in [7, 11) is 0. The molecule has 0 saturated carbocycles. The third kappa shape index (κ3) is 3.31. The second-order valence-corrected chi connectivity index (χ2v) is 3.66. The first-order valence-corrected chi connectivity index (χ1v) is 4.78. The van der Waals surface area contributed by atoms with Crippen LogP contribution in [0.15, 0.2) is 18.2 Å². The molecule has 0 radical (unpaired) electrons. The number of nitro benzene ring substituents is 1. The summed E-state index contributed by atoms with van der Waals surface area (Å²) in [5.74, 6) is 0. The Bertz CT molecular complexity index is 436. The zero-order valence-corrected chi connectivity index (χ0v) is 9.00. The lowest BCUT2D eigenvalue weighted by Gasteiger charge is -2.15. The van der Waals surface area contributed by atoms with Crippen LogP contribution in [0.1, 0.15) is 5.56 Å². The van der Waals surface area contributed by atoms with Gasteiger partial charge >= 0.3 is 6.18 Å². The summed E-state index contributed by atoms with van der Waals surface area (Å²) in [5, 5.41) is 19.3. The molecule has 0 aliphatic rings. The largest absolute Gasteiger partial charge is 0.414 e. The molecule has 1 aromatic rings. The van der Waals surface area contributed by atoms with Gasteiger partial charge in [0, 0.05) is 12.5 Å². The Hall–Kier alpha value is -1.34. The highest BCUT2D eigenvalue weighted by atomic mass is 35.5. The molecule has 1 N–H and O–H groups in total. The van der Waals surface area contributed by atoms with Crippen molar-refractivity contribution in [2.45, 2.75) is 18.7 Å². The van der Waals surface area contributed by atoms with E-state index in [1.807, 2.05) is 0 Å². The quantitative estimate of drug-likeness (QED) is 0.678. The summed E-state index contributed by atoms with van der Waals surface area (Å²) < 4.78 is 36.4. The second kappa shape index (κ2) is 4.89. The average Bonchev–Trinajstić information content (AvgIpc) is 2.18. The smallest absolute Gasteiger partial charge is 0.383 e. The van der Waals surface area contributed by atoms with E-state index in [1.54, 1.807) is 0 Å². The van der Waals surface area contributed by atoms with Crippen LogP contribution in [-0.2, 0) is 6.42 Å². The van der Waals surface area contributed by atoms with E-state index in [0.717, 1.165) is 6.07 Å². The molecule has 8 heteroatoms. The number of benzene rings is 1. The summed E-state index contributed by atoms with van der Waals surface area (Å²) >= 11 is 5.58. The van der Waals surface area contributed by atoms with Gasteiger partial charge in [-0.3, -0.25) is 10.1 Å². The Morgan fingerprint density at radius 3 is 2.53 bits per heavy atom. The fourth-order valence-corrected chi connectivity index (χ4v) is 1.48. The molecule has 4 nitrogen and oxygen atoms in total. The number of alkyl halides is 3. The third-order valence-corrected chi connectivity index (χ3v) is 2.42. The van der Waals surface area contributed by atoms with Gasteiger partial charge in [0.05, 0.1) is 15.5 Å². The monoisotopic (exact) mass is 269 g/mol. The van der Waals surface area contributed by atoms with Crippen molar-refractivity contribution in [1.82, 2.24) is 0 Å². The predicted octanol–water partition coefficient (Wildman–Crippen LogP) is 2.71. The van der Waals surface area contributed by atoms with Crippen LogP contribution in [0.25, 0.3) is 0 Å². The Labute approximate surface area is 98.8 Å². The second-order valence-electron chi connectivity index (χ2n) is 3.26. The van der Waals surface area contributed by atoms with Crippen LogP contribution < -0.4 is 0 Å². The van der Waals surface area contributed by atoms with Crippen LogP contribution in [-0.4, -0.2) is 22.3 Å². The fourth-order valence-electron chi connectivity index (χ4n) is 1.23. The molecule has 0 heterocycles. The van der Waals surface area contributed by atoms with Gasteiger partial charge in [0.2, 0.25) is 0 Å². The third-order valence-electron chi connectivity index (χ3n) is 2.07. The summed E-state index contributed by atoms with van der Waals surface area (Å²) in [6.07, 6.45) is -8.46. The summed E-state index contributed by atoms with van der Waals surface area (Å²) in [4.78, 5) is 9.75. The molecule has 1 aromatic carbocycles. The molecular weight excluding hydrogens is 263 g/mol. The van der Waals surface area contributed by atoms with E-state index in [0.29, 0.717) is 0 Å². The van der Waals surface area contributed by atoms with Gasteiger partial charge in [-0.15, -0.1) is 0 Å². The van der Waals surface area contributed by atoms with Crippen molar-refractivity contribution >= 4 is 17.3 Å². The van der Waals surface area contributed by atoms with E-state index in [2.05, 4.69) is 0 Å². The molecule has 0 saturated heterocycles. The highest BCUT2D eigenvalue weighted by Gasteiger charge is 2.39. The summed E-state index contributed by atoms with van der Waals surface area (Å²) in [6, 6.07) is 3.52. The topological polar surface area (TPSA) is 63.4 Å². The number of nitrogens with zero attached hydrogens (tertiary/aromatic N) is 1. The fraction of sp³-hybridized carbons (Fsp3) is 0.333. The Morgan fingerprint density at radius 2 is 2.06 bits per heavy atom. The highest BCUT2D eigenvalue weighted by molar-refractivity contribution is 6.31. The van der Waals surface area contributed by atoms with Crippen molar-refractivity contribution in [2.75, 3.05) is 0 Å². The summed E-state index contributed by atoms with van der Waals surface area (Å²) in [6.45, 7) is 0. The van der Waals surface area contributed by atoms with Crippen LogP contribution in [0.3, 0.4) is 0 Å². The van der Waals surface area contributed by atoms with E-state index in [-0.39, 0.29) is 10.6 Å². The van der Waals surface area contributed by atoms with Crippen LogP contribution in [0.5, 0.6) is 0 Å². The molecule has 0 amide bonds. The molecule has 0 spiro atoms. The van der Waals surface area contributed by atoms with Gasteiger partial charge in [-0.05, 0) is 6.07 Å². The van der Waals surface area contributed by atoms with Gasteiger partial charge in [-0.25, -0.2) is 0 Å². The molecule has 0 aliphatic carbocycles. The zero-order chi connectivity index (χ0) is 13.2. The normalized spacial score (nSPS) is 13.5. The molecular formula is C9H7ClF3NO3. The van der Waals surface area contributed by atoms with Crippen LogP contribution in [0, 0.1) is 10.1 Å². The number of hydrogen-bond donors (Lipinski definition) is 1. The minimum absolute atomic E-state index is 0.178. The van der Waals surface area contributed by atoms with Gasteiger partial charge in [0.25, 0.3) is 5.69 Å². The number of aliphatic hydroxyl groups excluding tert-OH is 1. The van der Waals surface area contributed by atoms with Gasteiger partial charge in [-0.2, -0.15) is 13.2 Å². The van der Waals surface area contributed by atoms with Crippen LogP contribution in [0.4, 0.5) is 18.9 Å². The Kier molecular flexibility index (Phi) is 3.94. The number of halogens is 4. The molecule has 1 rings (SSSR count). The van der Waals surface area contributed by atoms with E-state index in [4.69, 9.17) is 16.7 Å². The van der Waals surface area contributed by atoms with E-state index < -0.39 is 29.3 Å². The molecule has 0 bridgehead atoms. The lowest BCUT2D eigenvalue weighted by atomic mass is 10.1. The van der Waals surface area contributed by atoms with Crippen molar-refractivity contribution in [1.29, 1.82) is 0 Å². The summed E-state index contributed by atoms with van der Waals surface area (Å²) in [5.41, 5.74) is -0.871. The van der Waals surface area contributed by atoms with Crippen LogP contribution in [0.2, 0.25) is 5.02 Å². The standard InChI is InChI=1S/C9H7ClF3NO3/c10-6-2-1-3-7(14(16)17)5(6)4-8(15)9(11,12)13/h1-3,8,15H,4H2. The number of hydrogen-bond acceptors (Lipinski definition) is 3. The van der Waals surface area contributed by atoms with E-state index in [9.17, 15) is 23.3 Å². The van der Waals surface area contributed by atoms with Crippen molar-refractivity contribution in [3.8, 4) is 0 Å². The van der Waals surface area contributed by atoms with E-state index >= 15 is 0 Å². The van der Waals surface area contributed by atoms with Crippen molar-refractivity contribution in [2.24, 2.45) is 0 Å². The van der Waals surface area contributed by atoms with Crippen molar-refractivity contribution in [3.05, 3.63) is 38.9 Å². The molecule has 0 aliphatic heterocycles. The maximum absolute atomic E-state index is 12.1. The lowest BCUT2D eigenvalue weighted by Crippen LogP contribution is -2.30. The molecule has 0 aromatic heterocycles. The zero-order valence-electron chi connectivity index (χ0n) is 8.24. The first kappa shape index (κ1) is 13.7. The Balaban J connectivity index is 3.09. The minimum Gasteiger partial charge on any atom is -0.383 e. The first-order valence-electron chi connectivity index (χ1n) is 4.40. The molecule has 94 valence electrons. The van der Waals surface area contributed by atoms with E-state index in [1.165, 1.54) is 12.1 Å². The van der Waals surface area contributed by atoms with Gasteiger partial charge in [0.1, 0.15) is 0 Å². The van der Waals surface area contributed by atoms with Gasteiger partial charge in [0.15, 0.2) is 6.10 Å². The first-order chi connectivity index (χ1) is 7.73. The van der Waals surface area contributed by atoms with Gasteiger partial charge < -0.3 is 5.11 Å². The highest BCUT2D eigenvalue weighted by Crippen LogP contribution is 2.31. The lowest BCUT2D eigenvalue weighted by molar-refractivity contribution is -0.385. The number of nitro groups is 1. The molecule has 17 heavy (non-hydrogen) atoms.